The Labute approximate surface area is 169 Å². The maximum atomic E-state index is 12.9. The molecule has 30 heavy (non-hydrogen) atoms. The first kappa shape index (κ1) is 19.4. The molecular formula is C21H16F3N5O. The lowest BCUT2D eigenvalue weighted by atomic mass is 10.1. The summed E-state index contributed by atoms with van der Waals surface area (Å²) in [6, 6.07) is 15.7. The van der Waals surface area contributed by atoms with Crippen LogP contribution < -0.4 is 10.6 Å². The molecule has 0 saturated carbocycles. The molecule has 0 fully saturated rings. The number of rotatable bonds is 5. The number of fused-ring (bicyclic) bond motifs is 1. The smallest absolute Gasteiger partial charge is 0.366 e. The van der Waals surface area contributed by atoms with E-state index in [0.29, 0.717) is 22.7 Å². The SMILES string of the molecule is O=C(Nc1ccccc1)c1cnn2ccc(NCc3cccc(C(F)(F)F)c3)nc12. The Morgan fingerprint density at radius 1 is 1.03 bits per heavy atom. The molecule has 6 nitrogen and oxygen atoms in total. The molecule has 152 valence electrons. The molecule has 9 heteroatoms. The van der Waals surface area contributed by atoms with E-state index in [1.165, 1.54) is 16.8 Å². The van der Waals surface area contributed by atoms with E-state index in [-0.39, 0.29) is 18.0 Å². The summed E-state index contributed by atoms with van der Waals surface area (Å²) in [5.74, 6) is 0.0490. The number of aromatic nitrogens is 3. The summed E-state index contributed by atoms with van der Waals surface area (Å²) in [6.45, 7) is 0.146. The van der Waals surface area contributed by atoms with E-state index in [4.69, 9.17) is 0 Å². The summed E-state index contributed by atoms with van der Waals surface area (Å²) in [4.78, 5) is 17.0. The van der Waals surface area contributed by atoms with Gasteiger partial charge in [0.05, 0.1) is 11.8 Å². The van der Waals surface area contributed by atoms with Gasteiger partial charge in [-0.15, -0.1) is 0 Å². The zero-order valence-electron chi connectivity index (χ0n) is 15.5. The number of anilines is 2. The van der Waals surface area contributed by atoms with Gasteiger partial charge in [-0.2, -0.15) is 18.3 Å². The van der Waals surface area contributed by atoms with Crippen molar-refractivity contribution in [1.29, 1.82) is 0 Å². The van der Waals surface area contributed by atoms with Crippen LogP contribution in [0.15, 0.2) is 73.1 Å². The van der Waals surface area contributed by atoms with Crippen LogP contribution in [0.1, 0.15) is 21.5 Å². The van der Waals surface area contributed by atoms with Crippen molar-refractivity contribution >= 4 is 23.1 Å². The normalized spacial score (nSPS) is 11.4. The minimum Gasteiger partial charge on any atom is -0.366 e. The van der Waals surface area contributed by atoms with E-state index in [9.17, 15) is 18.0 Å². The number of alkyl halides is 3. The fraction of sp³-hybridized carbons (Fsp3) is 0.0952. The number of hydrogen-bond donors (Lipinski definition) is 2. The van der Waals surface area contributed by atoms with Crippen molar-refractivity contribution in [3.05, 3.63) is 89.7 Å². The molecule has 0 atom stereocenters. The average molecular weight is 411 g/mol. The number of carbonyl (C=O) groups excluding carboxylic acids is 1. The van der Waals surface area contributed by atoms with E-state index in [1.54, 1.807) is 42.6 Å². The molecular weight excluding hydrogens is 395 g/mol. The van der Waals surface area contributed by atoms with E-state index < -0.39 is 11.7 Å². The standard InChI is InChI=1S/C21H16F3N5O/c22-21(23,24)15-6-4-5-14(11-15)12-25-18-9-10-29-19(28-18)17(13-26-29)20(30)27-16-7-2-1-3-8-16/h1-11,13H,12H2,(H,25,28)(H,27,30). The van der Waals surface area contributed by atoms with Crippen LogP contribution in [0.3, 0.4) is 0 Å². The molecule has 2 aromatic carbocycles. The highest BCUT2D eigenvalue weighted by Crippen LogP contribution is 2.29. The van der Waals surface area contributed by atoms with Crippen LogP contribution in [0.4, 0.5) is 24.7 Å². The molecule has 0 aliphatic rings. The number of hydrogen-bond acceptors (Lipinski definition) is 4. The van der Waals surface area contributed by atoms with Crippen molar-refractivity contribution < 1.29 is 18.0 Å². The zero-order valence-corrected chi connectivity index (χ0v) is 15.5. The predicted molar refractivity (Wildman–Crippen MR) is 106 cm³/mol. The molecule has 2 N–H and O–H groups in total. The summed E-state index contributed by atoms with van der Waals surface area (Å²) in [5.41, 5.74) is 1.00. The van der Waals surface area contributed by atoms with Crippen LogP contribution in [-0.4, -0.2) is 20.5 Å². The highest BCUT2D eigenvalue weighted by Gasteiger charge is 2.30. The van der Waals surface area contributed by atoms with Gasteiger partial charge in [0, 0.05) is 18.4 Å². The average Bonchev–Trinajstić information content (AvgIpc) is 3.16. The number of carbonyl (C=O) groups is 1. The van der Waals surface area contributed by atoms with Gasteiger partial charge in [-0.1, -0.05) is 30.3 Å². The topological polar surface area (TPSA) is 71.3 Å². The Morgan fingerprint density at radius 3 is 2.60 bits per heavy atom. The molecule has 2 aromatic heterocycles. The third-order valence-corrected chi connectivity index (χ3v) is 4.37. The predicted octanol–water partition coefficient (Wildman–Crippen LogP) is 4.61. The van der Waals surface area contributed by atoms with Crippen molar-refractivity contribution in [2.24, 2.45) is 0 Å². The van der Waals surface area contributed by atoms with Gasteiger partial charge in [-0.05, 0) is 35.9 Å². The second-order valence-electron chi connectivity index (χ2n) is 6.51. The van der Waals surface area contributed by atoms with E-state index >= 15 is 0 Å². The molecule has 0 spiro atoms. The lowest BCUT2D eigenvalue weighted by Crippen LogP contribution is -2.12. The number of para-hydroxylation sites is 1. The number of halogens is 3. The number of benzene rings is 2. The molecule has 4 aromatic rings. The molecule has 0 aliphatic carbocycles. The maximum Gasteiger partial charge on any atom is 0.416 e. The minimum absolute atomic E-state index is 0.146. The van der Waals surface area contributed by atoms with Crippen molar-refractivity contribution in [3.8, 4) is 0 Å². The fourth-order valence-corrected chi connectivity index (χ4v) is 2.90. The summed E-state index contributed by atoms with van der Waals surface area (Å²) in [5, 5.41) is 9.88. The van der Waals surface area contributed by atoms with Crippen LogP contribution in [-0.2, 0) is 12.7 Å². The fourth-order valence-electron chi connectivity index (χ4n) is 2.90. The summed E-state index contributed by atoms with van der Waals surface area (Å²) >= 11 is 0. The Balaban J connectivity index is 1.52. The van der Waals surface area contributed by atoms with E-state index in [0.717, 1.165) is 12.1 Å². The van der Waals surface area contributed by atoms with Crippen molar-refractivity contribution in [3.63, 3.8) is 0 Å². The second-order valence-corrected chi connectivity index (χ2v) is 6.51. The lowest BCUT2D eigenvalue weighted by molar-refractivity contribution is -0.137. The Hall–Kier alpha value is -3.88. The third kappa shape index (κ3) is 4.24. The molecule has 0 bridgehead atoms. The Kier molecular flexibility index (Phi) is 5.09. The first-order chi connectivity index (χ1) is 14.4. The molecule has 0 saturated heterocycles. The zero-order chi connectivity index (χ0) is 21.1. The van der Waals surface area contributed by atoms with E-state index in [1.807, 2.05) is 6.07 Å². The van der Waals surface area contributed by atoms with E-state index in [2.05, 4.69) is 20.7 Å². The second kappa shape index (κ2) is 7.86. The molecule has 4 rings (SSSR count). The van der Waals surface area contributed by atoms with Crippen LogP contribution >= 0.6 is 0 Å². The minimum atomic E-state index is -4.40. The van der Waals surface area contributed by atoms with Gasteiger partial charge < -0.3 is 10.6 Å². The number of nitrogens with zero attached hydrogens (tertiary/aromatic N) is 3. The molecule has 0 unspecified atom stereocenters. The highest BCUT2D eigenvalue weighted by atomic mass is 19.4. The van der Waals surface area contributed by atoms with Gasteiger partial charge in [0.1, 0.15) is 11.4 Å². The van der Waals surface area contributed by atoms with Gasteiger partial charge in [-0.25, -0.2) is 9.50 Å². The lowest BCUT2D eigenvalue weighted by Gasteiger charge is -2.10. The van der Waals surface area contributed by atoms with Gasteiger partial charge in [0.2, 0.25) is 0 Å². The van der Waals surface area contributed by atoms with Crippen LogP contribution in [0.2, 0.25) is 0 Å². The molecule has 2 heterocycles. The van der Waals surface area contributed by atoms with Gasteiger partial charge >= 0.3 is 6.18 Å². The summed E-state index contributed by atoms with van der Waals surface area (Å²) < 4.78 is 40.1. The monoisotopic (exact) mass is 411 g/mol. The van der Waals surface area contributed by atoms with Crippen molar-refractivity contribution in [2.45, 2.75) is 12.7 Å². The Bertz CT molecular complexity index is 1190. The first-order valence-electron chi connectivity index (χ1n) is 9.01. The molecule has 0 aliphatic heterocycles. The van der Waals surface area contributed by atoms with Crippen LogP contribution in [0.25, 0.3) is 5.65 Å². The third-order valence-electron chi connectivity index (χ3n) is 4.37. The van der Waals surface area contributed by atoms with Crippen LogP contribution in [0, 0.1) is 0 Å². The van der Waals surface area contributed by atoms with Gasteiger partial charge in [0.15, 0.2) is 5.65 Å². The molecule has 0 radical (unpaired) electrons. The van der Waals surface area contributed by atoms with Gasteiger partial charge in [0.25, 0.3) is 5.91 Å². The molecule has 1 amide bonds. The highest BCUT2D eigenvalue weighted by molar-refractivity contribution is 6.08. The summed E-state index contributed by atoms with van der Waals surface area (Å²) in [6.07, 6.45) is -1.36. The Morgan fingerprint density at radius 2 is 1.83 bits per heavy atom. The number of nitrogens with one attached hydrogen (secondary N) is 2. The largest absolute Gasteiger partial charge is 0.416 e. The quantitative estimate of drug-likeness (QED) is 0.503. The summed E-state index contributed by atoms with van der Waals surface area (Å²) in [7, 11) is 0. The van der Waals surface area contributed by atoms with Crippen molar-refractivity contribution in [2.75, 3.05) is 10.6 Å². The number of amides is 1. The van der Waals surface area contributed by atoms with Crippen molar-refractivity contribution in [1.82, 2.24) is 14.6 Å². The van der Waals surface area contributed by atoms with Gasteiger partial charge in [-0.3, -0.25) is 4.79 Å². The first-order valence-corrected chi connectivity index (χ1v) is 9.01. The van der Waals surface area contributed by atoms with Crippen LogP contribution in [0.5, 0.6) is 0 Å². The maximum absolute atomic E-state index is 12.9.